The first-order valence-corrected chi connectivity index (χ1v) is 9.49. The topological polar surface area (TPSA) is 71.3 Å². The Kier molecular flexibility index (Phi) is 6.21. The highest BCUT2D eigenvalue weighted by Gasteiger charge is 2.31. The third-order valence-corrected chi connectivity index (χ3v) is 4.90. The van der Waals surface area contributed by atoms with Crippen LogP contribution in [-0.4, -0.2) is 55.5 Å². The van der Waals surface area contributed by atoms with Crippen molar-refractivity contribution in [2.75, 3.05) is 13.1 Å². The molecule has 0 aliphatic carbocycles. The van der Waals surface area contributed by atoms with E-state index < -0.39 is 0 Å². The molecule has 7 heteroatoms. The normalized spacial score (nSPS) is 17.1. The highest BCUT2D eigenvalue weighted by atomic mass is 16.2. The lowest BCUT2D eigenvalue weighted by molar-refractivity contribution is -0.142. The lowest BCUT2D eigenvalue weighted by Gasteiger charge is -2.40. The minimum absolute atomic E-state index is 0.0235. The molecule has 0 radical (unpaired) electrons. The van der Waals surface area contributed by atoms with E-state index in [9.17, 15) is 9.59 Å². The van der Waals surface area contributed by atoms with Crippen molar-refractivity contribution in [2.24, 2.45) is 5.92 Å². The molecule has 1 aliphatic rings. The molecule has 2 aromatic rings. The van der Waals surface area contributed by atoms with E-state index in [1.807, 2.05) is 41.8 Å². The molecule has 3 heterocycles. The molecule has 0 bridgehead atoms. The van der Waals surface area contributed by atoms with E-state index in [0.717, 1.165) is 24.9 Å². The maximum Gasteiger partial charge on any atom is 0.244 e. The fourth-order valence-corrected chi connectivity index (χ4v) is 3.48. The van der Waals surface area contributed by atoms with Crippen molar-refractivity contribution in [1.82, 2.24) is 24.6 Å². The van der Waals surface area contributed by atoms with Gasteiger partial charge in [0.2, 0.25) is 11.8 Å². The summed E-state index contributed by atoms with van der Waals surface area (Å²) in [7, 11) is 0. The van der Waals surface area contributed by atoms with Crippen molar-refractivity contribution < 1.29 is 9.59 Å². The van der Waals surface area contributed by atoms with Gasteiger partial charge in [0.15, 0.2) is 0 Å². The summed E-state index contributed by atoms with van der Waals surface area (Å²) in [5.41, 5.74) is 1.01. The summed E-state index contributed by atoms with van der Waals surface area (Å²) in [5, 5.41) is 4.11. The molecule has 2 aromatic heterocycles. The number of rotatable bonds is 6. The fraction of sp³-hybridized carbons (Fsp3) is 0.500. The van der Waals surface area contributed by atoms with Gasteiger partial charge in [-0.1, -0.05) is 19.9 Å². The number of nitrogens with zero attached hydrogens (tertiary/aromatic N) is 5. The van der Waals surface area contributed by atoms with Gasteiger partial charge in [0.1, 0.15) is 6.54 Å². The Hall–Kier alpha value is -2.70. The molecule has 0 N–H and O–H groups in total. The van der Waals surface area contributed by atoms with Gasteiger partial charge in [0.25, 0.3) is 0 Å². The number of piperidine rings is 1. The van der Waals surface area contributed by atoms with Crippen molar-refractivity contribution in [3.05, 3.63) is 48.5 Å². The smallest absolute Gasteiger partial charge is 0.244 e. The Morgan fingerprint density at radius 1 is 1.30 bits per heavy atom. The van der Waals surface area contributed by atoms with E-state index in [1.165, 1.54) is 0 Å². The van der Waals surface area contributed by atoms with Gasteiger partial charge >= 0.3 is 0 Å². The molecule has 2 amide bonds. The molecular weight excluding hydrogens is 342 g/mol. The first kappa shape index (κ1) is 19.1. The van der Waals surface area contributed by atoms with Crippen LogP contribution in [0, 0.1) is 5.92 Å². The zero-order chi connectivity index (χ0) is 19.2. The van der Waals surface area contributed by atoms with E-state index in [1.54, 1.807) is 29.5 Å². The Labute approximate surface area is 160 Å². The zero-order valence-electron chi connectivity index (χ0n) is 16.0. The van der Waals surface area contributed by atoms with Gasteiger partial charge in [0.05, 0.1) is 0 Å². The van der Waals surface area contributed by atoms with E-state index in [2.05, 4.69) is 10.1 Å². The lowest BCUT2D eigenvalue weighted by atomic mass is 10.0. The Morgan fingerprint density at radius 3 is 2.81 bits per heavy atom. The molecule has 3 rings (SSSR count). The molecule has 144 valence electrons. The zero-order valence-corrected chi connectivity index (χ0v) is 16.0. The van der Waals surface area contributed by atoms with Crippen molar-refractivity contribution in [1.29, 1.82) is 0 Å². The number of amides is 2. The summed E-state index contributed by atoms with van der Waals surface area (Å²) in [5.74, 6) is 0.0729. The maximum absolute atomic E-state index is 12.9. The van der Waals surface area contributed by atoms with Crippen molar-refractivity contribution in [2.45, 2.75) is 45.8 Å². The monoisotopic (exact) mass is 369 g/mol. The van der Waals surface area contributed by atoms with Crippen molar-refractivity contribution >= 4 is 11.8 Å². The van der Waals surface area contributed by atoms with Gasteiger partial charge in [-0.25, -0.2) is 0 Å². The highest BCUT2D eigenvalue weighted by molar-refractivity contribution is 5.79. The molecule has 27 heavy (non-hydrogen) atoms. The van der Waals surface area contributed by atoms with Crippen molar-refractivity contribution in [3.63, 3.8) is 0 Å². The minimum atomic E-state index is -0.0863. The second-order valence-electron chi connectivity index (χ2n) is 7.32. The molecule has 1 unspecified atom stereocenters. The van der Waals surface area contributed by atoms with Gasteiger partial charge in [-0.3, -0.25) is 19.3 Å². The minimum Gasteiger partial charge on any atom is -0.339 e. The third kappa shape index (κ3) is 4.93. The van der Waals surface area contributed by atoms with E-state index in [0.29, 0.717) is 13.1 Å². The summed E-state index contributed by atoms with van der Waals surface area (Å²) in [6.45, 7) is 5.90. The molecule has 1 atom stereocenters. The SMILES string of the molecule is CC(C)C(=O)N(Cc1cccnc1)C1CCCN(C(=O)Cn2cccn2)C1. The maximum atomic E-state index is 12.9. The van der Waals surface area contributed by atoms with Gasteiger partial charge < -0.3 is 9.80 Å². The molecule has 0 spiro atoms. The number of aromatic nitrogens is 3. The van der Waals surface area contributed by atoms with Crippen LogP contribution in [0.15, 0.2) is 43.0 Å². The molecule has 7 nitrogen and oxygen atoms in total. The lowest BCUT2D eigenvalue weighted by Crippen LogP contribution is -2.52. The van der Waals surface area contributed by atoms with E-state index >= 15 is 0 Å². The average molecular weight is 369 g/mol. The van der Waals surface area contributed by atoms with Crippen LogP contribution in [0.4, 0.5) is 0 Å². The molecule has 0 saturated carbocycles. The second kappa shape index (κ2) is 8.79. The predicted molar refractivity (Wildman–Crippen MR) is 101 cm³/mol. The summed E-state index contributed by atoms with van der Waals surface area (Å²) in [6.07, 6.45) is 8.78. The molecule has 1 fully saturated rings. The first-order valence-electron chi connectivity index (χ1n) is 9.49. The quantitative estimate of drug-likeness (QED) is 0.780. The average Bonchev–Trinajstić information content (AvgIpc) is 3.19. The molecule has 1 saturated heterocycles. The molecule has 1 aliphatic heterocycles. The number of carbonyl (C=O) groups is 2. The van der Waals surface area contributed by atoms with Crippen LogP contribution < -0.4 is 0 Å². The van der Waals surface area contributed by atoms with Gasteiger partial charge in [-0.2, -0.15) is 5.10 Å². The molecular formula is C20H27N5O2. The summed E-state index contributed by atoms with van der Waals surface area (Å²) >= 11 is 0. The molecule has 0 aromatic carbocycles. The van der Waals surface area contributed by atoms with E-state index in [-0.39, 0.29) is 30.3 Å². The first-order chi connectivity index (χ1) is 13.0. The van der Waals surface area contributed by atoms with Crippen LogP contribution in [0.2, 0.25) is 0 Å². The summed E-state index contributed by atoms with van der Waals surface area (Å²) in [4.78, 5) is 33.5. The highest BCUT2D eigenvalue weighted by Crippen LogP contribution is 2.21. The van der Waals surface area contributed by atoms with Gasteiger partial charge in [-0.05, 0) is 30.5 Å². The van der Waals surface area contributed by atoms with Crippen LogP contribution >= 0.6 is 0 Å². The number of pyridine rings is 1. The van der Waals surface area contributed by atoms with Crippen LogP contribution in [0.3, 0.4) is 0 Å². The van der Waals surface area contributed by atoms with Crippen LogP contribution in [-0.2, 0) is 22.7 Å². The Balaban J connectivity index is 1.71. The Bertz CT molecular complexity index is 745. The van der Waals surface area contributed by atoms with Crippen molar-refractivity contribution in [3.8, 4) is 0 Å². The largest absolute Gasteiger partial charge is 0.339 e. The van der Waals surface area contributed by atoms with Crippen LogP contribution in [0.1, 0.15) is 32.3 Å². The predicted octanol–water partition coefficient (Wildman–Crippen LogP) is 1.95. The van der Waals surface area contributed by atoms with E-state index in [4.69, 9.17) is 0 Å². The number of hydrogen-bond acceptors (Lipinski definition) is 4. The number of likely N-dealkylation sites (tertiary alicyclic amines) is 1. The summed E-state index contributed by atoms with van der Waals surface area (Å²) in [6, 6.07) is 5.70. The van der Waals surface area contributed by atoms with Gasteiger partial charge in [-0.15, -0.1) is 0 Å². The summed E-state index contributed by atoms with van der Waals surface area (Å²) < 4.78 is 1.64. The third-order valence-electron chi connectivity index (χ3n) is 4.90. The second-order valence-corrected chi connectivity index (χ2v) is 7.32. The van der Waals surface area contributed by atoms with Gasteiger partial charge in [0, 0.05) is 56.4 Å². The number of hydrogen-bond donors (Lipinski definition) is 0. The standard InChI is InChI=1S/C20H27N5O2/c1-16(2)20(27)25(13-17-6-3-8-21-12-17)18-7-4-10-23(14-18)19(26)15-24-11-5-9-22-24/h3,5-6,8-9,11-12,16,18H,4,7,10,13-15H2,1-2H3. The Morgan fingerprint density at radius 2 is 2.15 bits per heavy atom. The number of carbonyl (C=O) groups excluding carboxylic acids is 2. The van der Waals surface area contributed by atoms with Crippen LogP contribution in [0.25, 0.3) is 0 Å². The van der Waals surface area contributed by atoms with Crippen LogP contribution in [0.5, 0.6) is 0 Å². The fourth-order valence-electron chi connectivity index (χ4n) is 3.48.